The predicted molar refractivity (Wildman–Crippen MR) is 79.6 cm³/mol. The zero-order chi connectivity index (χ0) is 14.4. The van der Waals surface area contributed by atoms with Gasteiger partial charge in [0, 0.05) is 6.54 Å². The topological polar surface area (TPSA) is 66.4 Å². The molecule has 0 unspecified atom stereocenters. The highest BCUT2D eigenvalue weighted by atomic mass is 32.2. The second-order valence-corrected chi connectivity index (χ2v) is 7.40. The monoisotopic (exact) mass is 297 g/mol. The van der Waals surface area contributed by atoms with Crippen molar-refractivity contribution in [2.75, 3.05) is 6.54 Å². The lowest BCUT2D eigenvalue weighted by atomic mass is 9.90. The predicted octanol–water partition coefficient (Wildman–Crippen LogP) is 2.18. The summed E-state index contributed by atoms with van der Waals surface area (Å²) < 4.78 is 26.9. The van der Waals surface area contributed by atoms with E-state index in [-0.39, 0.29) is 12.4 Å². The molecular formula is C15H23NO3S. The Morgan fingerprint density at radius 1 is 1.15 bits per heavy atom. The summed E-state index contributed by atoms with van der Waals surface area (Å²) in [6, 6.07) is 7.07. The zero-order valence-corrected chi connectivity index (χ0v) is 12.5. The number of aliphatic hydroxyl groups is 1. The average molecular weight is 297 g/mol. The first-order valence-electron chi connectivity index (χ1n) is 7.25. The molecular weight excluding hydrogens is 274 g/mol. The van der Waals surface area contributed by atoms with Crippen molar-refractivity contribution in [3.05, 3.63) is 35.4 Å². The number of hydrogen-bond donors (Lipinski definition) is 2. The molecule has 0 aromatic heterocycles. The Morgan fingerprint density at radius 2 is 1.85 bits per heavy atom. The van der Waals surface area contributed by atoms with E-state index in [9.17, 15) is 8.42 Å². The first-order chi connectivity index (χ1) is 9.59. The highest BCUT2D eigenvalue weighted by Crippen LogP contribution is 2.23. The summed E-state index contributed by atoms with van der Waals surface area (Å²) in [4.78, 5) is 0. The summed E-state index contributed by atoms with van der Waals surface area (Å²) in [5, 5.41) is 9.07. The van der Waals surface area contributed by atoms with Crippen LogP contribution in [0.4, 0.5) is 0 Å². The van der Waals surface area contributed by atoms with Gasteiger partial charge in [0.15, 0.2) is 0 Å². The van der Waals surface area contributed by atoms with Crippen LogP contribution < -0.4 is 4.72 Å². The molecule has 0 atom stereocenters. The Labute approximate surface area is 121 Å². The number of sulfonamides is 1. The standard InChI is InChI=1S/C15H23NO3S/c17-11-14-7-4-8-15(9-14)12-20(18,19)16-10-13-5-2-1-3-6-13/h4,7-9,13,16-17H,1-3,5-6,10-12H2. The van der Waals surface area contributed by atoms with Crippen molar-refractivity contribution >= 4 is 10.0 Å². The number of aliphatic hydroxyl groups excluding tert-OH is 1. The summed E-state index contributed by atoms with van der Waals surface area (Å²) in [6.07, 6.45) is 5.96. The molecule has 4 nitrogen and oxygen atoms in total. The van der Waals surface area contributed by atoms with Crippen LogP contribution in [0.15, 0.2) is 24.3 Å². The van der Waals surface area contributed by atoms with Gasteiger partial charge in [0.05, 0.1) is 12.4 Å². The van der Waals surface area contributed by atoms with Crippen LogP contribution in [0.3, 0.4) is 0 Å². The van der Waals surface area contributed by atoms with E-state index in [1.165, 1.54) is 19.3 Å². The summed E-state index contributed by atoms with van der Waals surface area (Å²) in [6.45, 7) is 0.491. The van der Waals surface area contributed by atoms with Crippen molar-refractivity contribution < 1.29 is 13.5 Å². The molecule has 0 amide bonds. The van der Waals surface area contributed by atoms with Gasteiger partial charge in [-0.05, 0) is 29.9 Å². The molecule has 1 aromatic rings. The van der Waals surface area contributed by atoms with Gasteiger partial charge in [0.1, 0.15) is 0 Å². The SMILES string of the molecule is O=S(=O)(Cc1cccc(CO)c1)NCC1CCCCC1. The van der Waals surface area contributed by atoms with E-state index in [0.717, 1.165) is 18.4 Å². The molecule has 20 heavy (non-hydrogen) atoms. The molecule has 1 aromatic carbocycles. The van der Waals surface area contributed by atoms with E-state index >= 15 is 0 Å². The molecule has 0 saturated heterocycles. The van der Waals surface area contributed by atoms with Crippen LogP contribution in [-0.4, -0.2) is 20.1 Å². The van der Waals surface area contributed by atoms with Crippen LogP contribution in [0.1, 0.15) is 43.2 Å². The Balaban J connectivity index is 1.89. The van der Waals surface area contributed by atoms with Crippen molar-refractivity contribution in [1.82, 2.24) is 4.72 Å². The van der Waals surface area contributed by atoms with Gasteiger partial charge in [-0.2, -0.15) is 0 Å². The van der Waals surface area contributed by atoms with Crippen LogP contribution in [0.25, 0.3) is 0 Å². The molecule has 0 bridgehead atoms. The maximum absolute atomic E-state index is 12.1. The van der Waals surface area contributed by atoms with E-state index in [2.05, 4.69) is 4.72 Å². The smallest absolute Gasteiger partial charge is 0.215 e. The fourth-order valence-corrected chi connectivity index (χ4v) is 3.93. The van der Waals surface area contributed by atoms with Crippen molar-refractivity contribution in [2.45, 2.75) is 44.5 Å². The summed E-state index contributed by atoms with van der Waals surface area (Å²) >= 11 is 0. The van der Waals surface area contributed by atoms with Crippen molar-refractivity contribution in [3.8, 4) is 0 Å². The Bertz CT molecular complexity index is 522. The number of rotatable bonds is 6. The fourth-order valence-electron chi connectivity index (χ4n) is 2.72. The van der Waals surface area contributed by atoms with Crippen molar-refractivity contribution in [3.63, 3.8) is 0 Å². The number of hydrogen-bond acceptors (Lipinski definition) is 3. The normalized spacial score (nSPS) is 17.2. The third-order valence-electron chi connectivity index (χ3n) is 3.85. The maximum Gasteiger partial charge on any atom is 0.215 e. The van der Waals surface area contributed by atoms with Crippen LogP contribution in [0.2, 0.25) is 0 Å². The first kappa shape index (κ1) is 15.5. The largest absolute Gasteiger partial charge is 0.392 e. The van der Waals surface area contributed by atoms with Crippen LogP contribution >= 0.6 is 0 Å². The highest BCUT2D eigenvalue weighted by Gasteiger charge is 2.17. The van der Waals surface area contributed by atoms with Crippen molar-refractivity contribution in [2.24, 2.45) is 5.92 Å². The van der Waals surface area contributed by atoms with Gasteiger partial charge in [-0.15, -0.1) is 0 Å². The minimum absolute atomic E-state index is 0.0203. The molecule has 1 saturated carbocycles. The molecule has 2 N–H and O–H groups in total. The third kappa shape index (κ3) is 4.89. The molecule has 5 heteroatoms. The molecule has 112 valence electrons. The average Bonchev–Trinajstić information content (AvgIpc) is 2.46. The van der Waals surface area contributed by atoms with Crippen molar-refractivity contribution in [1.29, 1.82) is 0 Å². The molecule has 1 fully saturated rings. The minimum atomic E-state index is -3.29. The van der Waals surface area contributed by atoms with Gasteiger partial charge < -0.3 is 5.11 Å². The maximum atomic E-state index is 12.1. The van der Waals surface area contributed by atoms with Gasteiger partial charge in [-0.25, -0.2) is 13.1 Å². The lowest BCUT2D eigenvalue weighted by molar-refractivity contribution is 0.282. The molecule has 1 aliphatic carbocycles. The number of nitrogens with one attached hydrogen (secondary N) is 1. The Morgan fingerprint density at radius 3 is 2.55 bits per heavy atom. The first-order valence-corrected chi connectivity index (χ1v) is 8.90. The summed E-state index contributed by atoms with van der Waals surface area (Å²) in [5.74, 6) is 0.468. The van der Waals surface area contributed by atoms with E-state index in [1.807, 2.05) is 0 Å². The molecule has 0 aliphatic heterocycles. The highest BCUT2D eigenvalue weighted by molar-refractivity contribution is 7.88. The number of benzene rings is 1. The minimum Gasteiger partial charge on any atom is -0.392 e. The van der Waals surface area contributed by atoms with Crippen LogP contribution in [0, 0.1) is 5.92 Å². The third-order valence-corrected chi connectivity index (χ3v) is 5.17. The molecule has 1 aliphatic rings. The second-order valence-electron chi connectivity index (χ2n) is 5.59. The van der Waals surface area contributed by atoms with E-state index in [1.54, 1.807) is 24.3 Å². The van der Waals surface area contributed by atoms with E-state index < -0.39 is 10.0 Å². The van der Waals surface area contributed by atoms with Gasteiger partial charge in [-0.1, -0.05) is 43.5 Å². The molecule has 0 spiro atoms. The molecule has 0 radical (unpaired) electrons. The molecule has 2 rings (SSSR count). The van der Waals surface area contributed by atoms with Gasteiger partial charge >= 0.3 is 0 Å². The summed E-state index contributed by atoms with van der Waals surface area (Å²) in [5.41, 5.74) is 1.46. The summed E-state index contributed by atoms with van der Waals surface area (Å²) in [7, 11) is -3.29. The van der Waals surface area contributed by atoms with Crippen LogP contribution in [-0.2, 0) is 22.4 Å². The van der Waals surface area contributed by atoms with Gasteiger partial charge in [0.2, 0.25) is 10.0 Å². The second kappa shape index (κ2) is 7.20. The Kier molecular flexibility index (Phi) is 5.57. The lowest BCUT2D eigenvalue weighted by Crippen LogP contribution is -2.31. The molecule has 0 heterocycles. The fraction of sp³-hybridized carbons (Fsp3) is 0.600. The quantitative estimate of drug-likeness (QED) is 0.846. The van der Waals surface area contributed by atoms with Gasteiger partial charge in [0.25, 0.3) is 0 Å². The van der Waals surface area contributed by atoms with E-state index in [0.29, 0.717) is 18.0 Å². The Hall–Kier alpha value is -0.910. The lowest BCUT2D eigenvalue weighted by Gasteiger charge is -2.21. The van der Waals surface area contributed by atoms with Crippen LogP contribution in [0.5, 0.6) is 0 Å². The van der Waals surface area contributed by atoms with E-state index in [4.69, 9.17) is 5.11 Å². The zero-order valence-electron chi connectivity index (χ0n) is 11.7. The van der Waals surface area contributed by atoms with Gasteiger partial charge in [-0.3, -0.25) is 0 Å².